The Morgan fingerprint density at radius 2 is 1.66 bits per heavy atom. The van der Waals surface area contributed by atoms with Crippen molar-refractivity contribution in [1.29, 1.82) is 0 Å². The SMILES string of the molecule is [CH2]C(Cc1ccccc1)NC(=O)C(C)(Cc1c[nH]c2ccccc12)NC(=O)OC1C2CC3CC(C2)CC1C3. The number of carbonyl (C=O) groups excluding carboxylic acids is 2. The van der Waals surface area contributed by atoms with E-state index in [1.54, 1.807) is 6.92 Å². The van der Waals surface area contributed by atoms with Crippen molar-refractivity contribution < 1.29 is 14.3 Å². The second kappa shape index (κ2) is 10.1. The maximum absolute atomic E-state index is 13.8. The first kappa shape index (κ1) is 25.0. The predicted molar refractivity (Wildman–Crippen MR) is 148 cm³/mol. The zero-order valence-corrected chi connectivity index (χ0v) is 22.1. The minimum absolute atomic E-state index is 0.0399. The molecule has 199 valence electrons. The highest BCUT2D eigenvalue weighted by Gasteiger charge is 2.50. The van der Waals surface area contributed by atoms with E-state index in [-0.39, 0.29) is 18.1 Å². The third-order valence-electron chi connectivity index (χ3n) is 9.14. The van der Waals surface area contributed by atoms with Crippen LogP contribution >= 0.6 is 0 Å². The number of fused-ring (bicyclic) bond motifs is 1. The lowest BCUT2D eigenvalue weighted by Crippen LogP contribution is -2.61. The van der Waals surface area contributed by atoms with Crippen LogP contribution in [0.3, 0.4) is 0 Å². The molecule has 3 aromatic rings. The van der Waals surface area contributed by atoms with Crippen molar-refractivity contribution in [1.82, 2.24) is 15.6 Å². The van der Waals surface area contributed by atoms with E-state index in [0.29, 0.717) is 24.7 Å². The third kappa shape index (κ3) is 5.05. The van der Waals surface area contributed by atoms with Gasteiger partial charge in [0.15, 0.2) is 0 Å². The largest absolute Gasteiger partial charge is 0.446 e. The van der Waals surface area contributed by atoms with Crippen LogP contribution in [0.15, 0.2) is 60.8 Å². The number of H-pyrrole nitrogens is 1. The first-order chi connectivity index (χ1) is 18.4. The minimum atomic E-state index is -1.21. The summed E-state index contributed by atoms with van der Waals surface area (Å²) >= 11 is 0. The van der Waals surface area contributed by atoms with Gasteiger partial charge in [0.25, 0.3) is 0 Å². The van der Waals surface area contributed by atoms with Crippen molar-refractivity contribution in [2.75, 3.05) is 0 Å². The molecule has 2 atom stereocenters. The van der Waals surface area contributed by atoms with Gasteiger partial charge in [0.2, 0.25) is 5.91 Å². The van der Waals surface area contributed by atoms with Gasteiger partial charge >= 0.3 is 6.09 Å². The van der Waals surface area contributed by atoms with Gasteiger partial charge in [0, 0.05) is 29.6 Å². The molecule has 6 nitrogen and oxygen atoms in total. The summed E-state index contributed by atoms with van der Waals surface area (Å²) in [5.74, 6) is 2.26. The van der Waals surface area contributed by atoms with E-state index in [2.05, 4.69) is 22.5 Å². The molecule has 6 heteroatoms. The van der Waals surface area contributed by atoms with Crippen molar-refractivity contribution in [2.24, 2.45) is 23.7 Å². The molecule has 1 heterocycles. The Morgan fingerprint density at radius 3 is 2.37 bits per heavy atom. The highest BCUT2D eigenvalue weighted by molar-refractivity contribution is 5.91. The fraction of sp³-hybridized carbons (Fsp3) is 0.469. The summed E-state index contributed by atoms with van der Waals surface area (Å²) in [6, 6.07) is 17.6. The Morgan fingerprint density at radius 1 is 1.00 bits per heavy atom. The number of aromatic amines is 1. The molecule has 38 heavy (non-hydrogen) atoms. The number of alkyl carbamates (subject to hydrolysis) is 1. The molecular weight excluding hydrogens is 474 g/mol. The minimum Gasteiger partial charge on any atom is -0.446 e. The first-order valence-corrected chi connectivity index (χ1v) is 14.1. The molecule has 2 unspecified atom stereocenters. The maximum Gasteiger partial charge on any atom is 0.408 e. The van der Waals surface area contributed by atoms with Crippen LogP contribution in [0.4, 0.5) is 4.79 Å². The summed E-state index contributed by atoms with van der Waals surface area (Å²) in [4.78, 5) is 30.4. The number of amides is 2. The second-order valence-corrected chi connectivity index (χ2v) is 12.2. The molecule has 1 aromatic heterocycles. The number of para-hydroxylation sites is 1. The summed E-state index contributed by atoms with van der Waals surface area (Å²) in [6.45, 7) is 5.96. The number of hydrogen-bond acceptors (Lipinski definition) is 3. The van der Waals surface area contributed by atoms with Crippen molar-refractivity contribution in [2.45, 2.75) is 69.6 Å². The first-order valence-electron chi connectivity index (χ1n) is 14.1. The van der Waals surface area contributed by atoms with Crippen LogP contribution in [-0.2, 0) is 22.4 Å². The molecule has 2 aromatic carbocycles. The third-order valence-corrected chi connectivity index (χ3v) is 9.14. The maximum atomic E-state index is 13.8. The Kier molecular flexibility index (Phi) is 6.67. The molecule has 3 N–H and O–H groups in total. The smallest absolute Gasteiger partial charge is 0.408 e. The standard InChI is InChI=1S/C32H38N3O3/c1-20(12-21-8-4-3-5-9-21)34-30(36)32(2,18-26-19-33-28-11-7-6-10-27(26)28)35-31(37)38-29-24-14-22-13-23(16-24)17-25(29)15-22/h3-11,19-20,22-25,29,33H,1,12-18H2,2H3,(H,34,36)(H,35,37). The van der Waals surface area contributed by atoms with Crippen LogP contribution in [0.5, 0.6) is 0 Å². The summed E-state index contributed by atoms with van der Waals surface area (Å²) < 4.78 is 6.13. The van der Waals surface area contributed by atoms with Crippen LogP contribution in [-0.4, -0.2) is 34.7 Å². The average molecular weight is 513 g/mol. The lowest BCUT2D eigenvalue weighted by molar-refractivity contribution is -0.128. The van der Waals surface area contributed by atoms with E-state index in [0.717, 1.165) is 33.9 Å². The van der Waals surface area contributed by atoms with Crippen LogP contribution in [0.2, 0.25) is 0 Å². The lowest BCUT2D eigenvalue weighted by atomic mass is 9.55. The Balaban J connectivity index is 1.19. The molecular formula is C32H38N3O3. The molecule has 4 fully saturated rings. The fourth-order valence-electron chi connectivity index (χ4n) is 7.58. The van der Waals surface area contributed by atoms with Crippen LogP contribution in [0.25, 0.3) is 10.9 Å². The zero-order valence-electron chi connectivity index (χ0n) is 22.1. The number of nitrogens with one attached hydrogen (secondary N) is 3. The van der Waals surface area contributed by atoms with E-state index < -0.39 is 11.6 Å². The second-order valence-electron chi connectivity index (χ2n) is 12.2. The lowest BCUT2D eigenvalue weighted by Gasteiger charge is -2.53. The fourth-order valence-corrected chi connectivity index (χ4v) is 7.58. The van der Waals surface area contributed by atoms with Gasteiger partial charge in [0.05, 0.1) is 0 Å². The highest BCUT2D eigenvalue weighted by Crippen LogP contribution is 2.54. The molecule has 0 aliphatic heterocycles. The molecule has 1 radical (unpaired) electrons. The number of benzene rings is 2. The Bertz CT molecular complexity index is 1270. The topological polar surface area (TPSA) is 83.2 Å². The molecule has 4 aliphatic carbocycles. The van der Waals surface area contributed by atoms with Gasteiger partial charge in [0.1, 0.15) is 11.6 Å². The molecule has 0 saturated heterocycles. The van der Waals surface area contributed by atoms with Gasteiger partial charge < -0.3 is 20.4 Å². The molecule has 4 bridgehead atoms. The summed E-state index contributed by atoms with van der Waals surface area (Å²) in [5, 5.41) is 7.11. The molecule has 4 aliphatic rings. The molecule has 7 rings (SSSR count). The Hall–Kier alpha value is -3.28. The highest BCUT2D eigenvalue weighted by atomic mass is 16.6. The van der Waals surface area contributed by atoms with E-state index in [1.165, 1.54) is 32.1 Å². The predicted octanol–water partition coefficient (Wildman–Crippen LogP) is 5.58. The van der Waals surface area contributed by atoms with Gasteiger partial charge in [-0.15, -0.1) is 0 Å². The van der Waals surface area contributed by atoms with Crippen molar-refractivity contribution in [3.05, 3.63) is 78.8 Å². The van der Waals surface area contributed by atoms with Crippen LogP contribution in [0, 0.1) is 30.6 Å². The van der Waals surface area contributed by atoms with Gasteiger partial charge in [-0.05, 0) is 93.2 Å². The Labute approximate surface area is 224 Å². The van der Waals surface area contributed by atoms with Gasteiger partial charge in [-0.2, -0.15) is 0 Å². The van der Waals surface area contributed by atoms with Crippen molar-refractivity contribution in [3.8, 4) is 0 Å². The van der Waals surface area contributed by atoms with E-state index >= 15 is 0 Å². The normalized spacial score (nSPS) is 28.0. The quantitative estimate of drug-likeness (QED) is 0.368. The number of carbonyl (C=O) groups is 2. The monoisotopic (exact) mass is 512 g/mol. The number of aromatic nitrogens is 1. The summed E-state index contributed by atoms with van der Waals surface area (Å²) in [7, 11) is 0. The van der Waals surface area contributed by atoms with E-state index in [9.17, 15) is 9.59 Å². The summed E-state index contributed by atoms with van der Waals surface area (Å²) in [5.41, 5.74) is 1.86. The van der Waals surface area contributed by atoms with Crippen molar-refractivity contribution >= 4 is 22.9 Å². The zero-order chi connectivity index (χ0) is 26.3. The van der Waals surface area contributed by atoms with Gasteiger partial charge in [-0.1, -0.05) is 48.5 Å². The van der Waals surface area contributed by atoms with Gasteiger partial charge in [-0.25, -0.2) is 4.79 Å². The average Bonchev–Trinajstić information content (AvgIpc) is 3.28. The van der Waals surface area contributed by atoms with E-state index in [4.69, 9.17) is 4.74 Å². The number of hydrogen-bond donors (Lipinski definition) is 3. The van der Waals surface area contributed by atoms with Crippen molar-refractivity contribution in [3.63, 3.8) is 0 Å². The van der Waals surface area contributed by atoms with Gasteiger partial charge in [-0.3, -0.25) is 4.79 Å². The molecule has 4 saturated carbocycles. The number of rotatable bonds is 8. The molecule has 2 amide bonds. The van der Waals surface area contributed by atoms with Crippen LogP contribution in [0.1, 0.15) is 50.2 Å². The van der Waals surface area contributed by atoms with Crippen LogP contribution < -0.4 is 10.6 Å². The number of ether oxygens (including phenoxy) is 1. The van der Waals surface area contributed by atoms with E-state index in [1.807, 2.05) is 60.8 Å². The summed E-state index contributed by atoms with van der Waals surface area (Å²) in [6.07, 6.45) is 8.34. The molecule has 0 spiro atoms.